The quantitative estimate of drug-likeness (QED) is 0.588. The van der Waals surface area contributed by atoms with Gasteiger partial charge < -0.3 is 15.8 Å². The summed E-state index contributed by atoms with van der Waals surface area (Å²) in [7, 11) is 0. The number of ether oxygens (including phenoxy) is 1. The highest BCUT2D eigenvalue weighted by atomic mass is 35.5. The Bertz CT molecular complexity index is 898. The summed E-state index contributed by atoms with van der Waals surface area (Å²) in [5.74, 6) is 0.491. The summed E-state index contributed by atoms with van der Waals surface area (Å²) < 4.78 is 7.49. The maximum atomic E-state index is 12.8. The van der Waals surface area contributed by atoms with E-state index < -0.39 is 0 Å². The van der Waals surface area contributed by atoms with Crippen molar-refractivity contribution in [1.82, 2.24) is 15.1 Å². The van der Waals surface area contributed by atoms with Crippen LogP contribution in [0.2, 0.25) is 0 Å². The minimum atomic E-state index is -0.306. The average molecular weight is 415 g/mol. The molecular formula is C22H27ClN4O2. The fraction of sp³-hybridized carbons (Fsp3) is 0.273. The predicted molar refractivity (Wildman–Crippen MR) is 117 cm³/mol. The van der Waals surface area contributed by atoms with Crippen molar-refractivity contribution in [2.75, 3.05) is 13.2 Å². The van der Waals surface area contributed by atoms with Gasteiger partial charge in [-0.15, -0.1) is 12.4 Å². The topological polar surface area (TPSA) is 82.2 Å². The van der Waals surface area contributed by atoms with Gasteiger partial charge in [0, 0.05) is 12.6 Å². The van der Waals surface area contributed by atoms with Crippen LogP contribution in [-0.2, 0) is 0 Å². The number of amides is 1. The Morgan fingerprint density at radius 1 is 1.10 bits per heavy atom. The van der Waals surface area contributed by atoms with Crippen molar-refractivity contribution in [2.24, 2.45) is 11.7 Å². The van der Waals surface area contributed by atoms with Crippen LogP contribution >= 0.6 is 12.4 Å². The van der Waals surface area contributed by atoms with Crippen LogP contribution < -0.4 is 15.8 Å². The Morgan fingerprint density at radius 2 is 1.72 bits per heavy atom. The molecule has 6 nitrogen and oxygen atoms in total. The number of para-hydroxylation sites is 1. The summed E-state index contributed by atoms with van der Waals surface area (Å²) in [5, 5.41) is 7.32. The van der Waals surface area contributed by atoms with E-state index in [1.165, 1.54) is 0 Å². The minimum absolute atomic E-state index is 0. The molecule has 0 bridgehead atoms. The maximum absolute atomic E-state index is 12.8. The van der Waals surface area contributed by atoms with E-state index in [4.69, 9.17) is 10.5 Å². The summed E-state index contributed by atoms with van der Waals surface area (Å²) in [6.45, 7) is 4.93. The van der Waals surface area contributed by atoms with Gasteiger partial charge in [0.2, 0.25) is 0 Å². The third-order valence-corrected chi connectivity index (χ3v) is 4.20. The van der Waals surface area contributed by atoms with Gasteiger partial charge in [0.25, 0.3) is 5.91 Å². The van der Waals surface area contributed by atoms with E-state index in [1.54, 1.807) is 10.9 Å². The van der Waals surface area contributed by atoms with Gasteiger partial charge in [0.05, 0.1) is 18.5 Å². The summed E-state index contributed by atoms with van der Waals surface area (Å²) in [6, 6.07) is 19.0. The van der Waals surface area contributed by atoms with Gasteiger partial charge in [-0.1, -0.05) is 62.4 Å². The molecule has 1 heterocycles. The normalized spacial score (nSPS) is 11.6. The van der Waals surface area contributed by atoms with Crippen LogP contribution in [0.4, 0.5) is 0 Å². The number of nitrogens with two attached hydrogens (primary N) is 1. The number of carbonyl (C=O) groups excluding carboxylic acids is 1. The van der Waals surface area contributed by atoms with Crippen LogP contribution in [0, 0.1) is 5.92 Å². The Labute approximate surface area is 177 Å². The van der Waals surface area contributed by atoms with Crippen molar-refractivity contribution < 1.29 is 9.53 Å². The van der Waals surface area contributed by atoms with E-state index in [9.17, 15) is 4.79 Å². The second-order valence-electron chi connectivity index (χ2n) is 7.05. The monoisotopic (exact) mass is 414 g/mol. The predicted octanol–water partition coefficient (Wildman–Crippen LogP) is 3.76. The summed E-state index contributed by atoms with van der Waals surface area (Å²) >= 11 is 0. The second-order valence-corrected chi connectivity index (χ2v) is 7.05. The SMILES string of the molecule is CC(C)COc1cn(-c2ccccc2)nc1C(=O)NCC(N)c1ccccc1.Cl. The fourth-order valence-electron chi connectivity index (χ4n) is 2.69. The molecule has 0 aliphatic rings. The molecule has 0 radical (unpaired) electrons. The number of benzene rings is 2. The van der Waals surface area contributed by atoms with Crippen LogP contribution in [0.5, 0.6) is 5.75 Å². The Morgan fingerprint density at radius 3 is 2.34 bits per heavy atom. The van der Waals surface area contributed by atoms with Crippen molar-refractivity contribution >= 4 is 18.3 Å². The van der Waals surface area contributed by atoms with Crippen LogP contribution in [0.25, 0.3) is 5.69 Å². The van der Waals surface area contributed by atoms with Gasteiger partial charge in [0.1, 0.15) is 0 Å². The van der Waals surface area contributed by atoms with Gasteiger partial charge in [-0.05, 0) is 23.6 Å². The zero-order valence-corrected chi connectivity index (χ0v) is 17.4. The Balaban J connectivity index is 0.00000300. The third kappa shape index (κ3) is 6.07. The van der Waals surface area contributed by atoms with Crippen LogP contribution in [0.3, 0.4) is 0 Å². The van der Waals surface area contributed by atoms with Crippen molar-refractivity contribution in [3.63, 3.8) is 0 Å². The molecular weight excluding hydrogens is 388 g/mol. The lowest BCUT2D eigenvalue weighted by Crippen LogP contribution is -2.32. The maximum Gasteiger partial charge on any atom is 0.275 e. The molecule has 0 saturated carbocycles. The van der Waals surface area contributed by atoms with Crippen LogP contribution in [-0.4, -0.2) is 28.8 Å². The molecule has 0 fully saturated rings. The standard InChI is InChI=1S/C22H26N4O2.ClH/c1-16(2)15-28-20-14-26(18-11-7-4-8-12-18)25-21(20)22(27)24-13-19(23)17-9-5-3-6-10-17;/h3-12,14,16,19H,13,15,23H2,1-2H3,(H,24,27);1H. The van der Waals surface area contributed by atoms with E-state index in [0.29, 0.717) is 24.8 Å². The highest BCUT2D eigenvalue weighted by Crippen LogP contribution is 2.21. The number of aromatic nitrogens is 2. The molecule has 0 aliphatic heterocycles. The summed E-state index contributed by atoms with van der Waals surface area (Å²) in [6.07, 6.45) is 1.74. The van der Waals surface area contributed by atoms with E-state index in [0.717, 1.165) is 11.3 Å². The molecule has 2 aromatic carbocycles. The molecule has 3 rings (SSSR count). The second kappa shape index (κ2) is 10.6. The number of nitrogens with one attached hydrogen (secondary N) is 1. The van der Waals surface area contributed by atoms with Crippen LogP contribution in [0.1, 0.15) is 35.9 Å². The molecule has 1 amide bonds. The lowest BCUT2D eigenvalue weighted by atomic mass is 10.1. The Kier molecular flexibility index (Phi) is 8.24. The molecule has 3 N–H and O–H groups in total. The lowest BCUT2D eigenvalue weighted by molar-refractivity contribution is 0.0941. The number of rotatable bonds is 8. The summed E-state index contributed by atoms with van der Waals surface area (Å²) in [5.41, 5.74) is 8.26. The number of nitrogens with zero attached hydrogens (tertiary/aromatic N) is 2. The van der Waals surface area contributed by atoms with E-state index in [-0.39, 0.29) is 30.0 Å². The number of hydrogen-bond donors (Lipinski definition) is 2. The number of halogens is 1. The minimum Gasteiger partial charge on any atom is -0.489 e. The fourth-order valence-corrected chi connectivity index (χ4v) is 2.69. The molecule has 1 unspecified atom stereocenters. The molecule has 3 aromatic rings. The molecule has 1 aromatic heterocycles. The molecule has 1 atom stereocenters. The number of carbonyl (C=O) groups is 1. The van der Waals surface area contributed by atoms with Gasteiger partial charge in [0.15, 0.2) is 11.4 Å². The van der Waals surface area contributed by atoms with E-state index in [2.05, 4.69) is 24.3 Å². The molecule has 0 saturated heterocycles. The average Bonchev–Trinajstić information content (AvgIpc) is 3.16. The zero-order valence-electron chi connectivity index (χ0n) is 16.6. The van der Waals surface area contributed by atoms with E-state index in [1.807, 2.05) is 60.7 Å². The van der Waals surface area contributed by atoms with Crippen molar-refractivity contribution in [3.05, 3.63) is 78.1 Å². The first kappa shape index (κ1) is 22.5. The zero-order chi connectivity index (χ0) is 19.9. The van der Waals surface area contributed by atoms with Crippen LogP contribution in [0.15, 0.2) is 66.9 Å². The Hall–Kier alpha value is -2.83. The first-order valence-corrected chi connectivity index (χ1v) is 9.41. The van der Waals surface area contributed by atoms with Gasteiger partial charge in [-0.25, -0.2) is 4.68 Å². The molecule has 0 aliphatic carbocycles. The van der Waals surface area contributed by atoms with Crippen molar-refractivity contribution in [2.45, 2.75) is 19.9 Å². The molecule has 154 valence electrons. The number of hydrogen-bond acceptors (Lipinski definition) is 4. The smallest absolute Gasteiger partial charge is 0.275 e. The molecule has 7 heteroatoms. The van der Waals surface area contributed by atoms with Gasteiger partial charge >= 0.3 is 0 Å². The van der Waals surface area contributed by atoms with E-state index >= 15 is 0 Å². The largest absolute Gasteiger partial charge is 0.489 e. The molecule has 29 heavy (non-hydrogen) atoms. The van der Waals surface area contributed by atoms with Crippen molar-refractivity contribution in [1.29, 1.82) is 0 Å². The third-order valence-electron chi connectivity index (χ3n) is 4.20. The molecule has 0 spiro atoms. The lowest BCUT2D eigenvalue weighted by Gasteiger charge is -2.13. The first-order valence-electron chi connectivity index (χ1n) is 9.41. The highest BCUT2D eigenvalue weighted by molar-refractivity contribution is 5.95. The van der Waals surface area contributed by atoms with Gasteiger partial charge in [-0.3, -0.25) is 4.79 Å². The first-order chi connectivity index (χ1) is 13.5. The van der Waals surface area contributed by atoms with Gasteiger partial charge in [-0.2, -0.15) is 5.10 Å². The van der Waals surface area contributed by atoms with Crippen molar-refractivity contribution in [3.8, 4) is 11.4 Å². The highest BCUT2D eigenvalue weighted by Gasteiger charge is 2.20. The summed E-state index contributed by atoms with van der Waals surface area (Å²) in [4.78, 5) is 12.8.